The molecule has 3 heterocycles. The average molecular weight is 277 g/mol. The standard InChI is InChI=1S/C13H19N5O2/c19-13-15-12(16-17-13)8-14-10-3-5-18(6-4-10)9-11-2-1-7-20-11/h1-2,7,10,14H,3-6,8-9H2,(H2,15,16,17,19). The molecule has 0 amide bonds. The molecule has 1 aliphatic heterocycles. The molecule has 7 nitrogen and oxygen atoms in total. The summed E-state index contributed by atoms with van der Waals surface area (Å²) in [4.78, 5) is 16.0. The number of H-pyrrole nitrogens is 2. The van der Waals surface area contributed by atoms with Gasteiger partial charge in [0, 0.05) is 19.1 Å². The van der Waals surface area contributed by atoms with E-state index in [4.69, 9.17) is 4.42 Å². The predicted molar refractivity (Wildman–Crippen MR) is 73.1 cm³/mol. The molecule has 0 aliphatic carbocycles. The van der Waals surface area contributed by atoms with Crippen LogP contribution in [-0.4, -0.2) is 39.2 Å². The monoisotopic (exact) mass is 277 g/mol. The van der Waals surface area contributed by atoms with Crippen LogP contribution in [0.4, 0.5) is 0 Å². The fraction of sp³-hybridized carbons (Fsp3) is 0.538. The minimum atomic E-state index is -0.255. The number of aromatic nitrogens is 3. The molecule has 20 heavy (non-hydrogen) atoms. The molecule has 0 spiro atoms. The largest absolute Gasteiger partial charge is 0.468 e. The zero-order chi connectivity index (χ0) is 13.8. The summed E-state index contributed by atoms with van der Waals surface area (Å²) in [6, 6.07) is 4.41. The first kappa shape index (κ1) is 13.1. The zero-order valence-corrected chi connectivity index (χ0v) is 11.3. The van der Waals surface area contributed by atoms with Gasteiger partial charge in [-0.05, 0) is 25.0 Å². The second kappa shape index (κ2) is 6.06. The Morgan fingerprint density at radius 2 is 2.30 bits per heavy atom. The quantitative estimate of drug-likeness (QED) is 0.738. The summed E-state index contributed by atoms with van der Waals surface area (Å²) in [6.45, 7) is 3.58. The van der Waals surface area contributed by atoms with E-state index >= 15 is 0 Å². The van der Waals surface area contributed by atoms with E-state index in [0.717, 1.165) is 38.2 Å². The number of furan rings is 1. The van der Waals surface area contributed by atoms with Crippen LogP contribution in [0.15, 0.2) is 27.6 Å². The molecule has 108 valence electrons. The lowest BCUT2D eigenvalue weighted by Gasteiger charge is -2.31. The van der Waals surface area contributed by atoms with Crippen LogP contribution in [0, 0.1) is 0 Å². The Kier molecular flexibility index (Phi) is 3.98. The third-order valence-corrected chi connectivity index (χ3v) is 3.66. The second-order valence-corrected chi connectivity index (χ2v) is 5.14. The maximum Gasteiger partial charge on any atom is 0.340 e. The molecule has 0 aromatic carbocycles. The smallest absolute Gasteiger partial charge is 0.340 e. The zero-order valence-electron chi connectivity index (χ0n) is 11.3. The first-order chi connectivity index (χ1) is 9.79. The molecular formula is C13H19N5O2. The number of rotatable bonds is 5. The van der Waals surface area contributed by atoms with Gasteiger partial charge in [-0.15, -0.1) is 0 Å². The van der Waals surface area contributed by atoms with Crippen molar-refractivity contribution in [3.63, 3.8) is 0 Å². The molecule has 0 atom stereocenters. The summed E-state index contributed by atoms with van der Waals surface area (Å²) < 4.78 is 5.37. The second-order valence-electron chi connectivity index (χ2n) is 5.14. The fourth-order valence-electron chi connectivity index (χ4n) is 2.55. The molecule has 7 heteroatoms. The highest BCUT2D eigenvalue weighted by molar-refractivity contribution is 4.98. The number of hydrogen-bond acceptors (Lipinski definition) is 5. The fourth-order valence-corrected chi connectivity index (χ4v) is 2.55. The van der Waals surface area contributed by atoms with Crippen molar-refractivity contribution in [2.24, 2.45) is 0 Å². The molecule has 0 radical (unpaired) electrons. The predicted octanol–water partition coefficient (Wildman–Crippen LogP) is 0.445. The molecule has 3 rings (SSSR count). The molecule has 1 aliphatic rings. The lowest BCUT2D eigenvalue weighted by molar-refractivity contribution is 0.178. The van der Waals surface area contributed by atoms with Gasteiger partial charge in [0.25, 0.3) is 0 Å². The van der Waals surface area contributed by atoms with E-state index in [1.54, 1.807) is 6.26 Å². The van der Waals surface area contributed by atoms with Crippen LogP contribution in [0.3, 0.4) is 0 Å². The lowest BCUT2D eigenvalue weighted by Crippen LogP contribution is -2.42. The van der Waals surface area contributed by atoms with Crippen LogP contribution < -0.4 is 11.0 Å². The molecule has 2 aromatic heterocycles. The Bertz CT molecular complexity index is 566. The van der Waals surface area contributed by atoms with E-state index in [-0.39, 0.29) is 5.69 Å². The number of nitrogens with one attached hydrogen (secondary N) is 3. The minimum absolute atomic E-state index is 0.255. The third kappa shape index (κ3) is 3.37. The SMILES string of the molecule is O=c1[nH]nc(CNC2CCN(Cc3ccco3)CC2)[nH]1. The van der Waals surface area contributed by atoms with Crippen molar-refractivity contribution in [3.05, 3.63) is 40.5 Å². The summed E-state index contributed by atoms with van der Waals surface area (Å²) in [5, 5.41) is 9.68. The van der Waals surface area contributed by atoms with E-state index in [1.807, 2.05) is 12.1 Å². The third-order valence-electron chi connectivity index (χ3n) is 3.66. The van der Waals surface area contributed by atoms with Gasteiger partial charge >= 0.3 is 5.69 Å². The van der Waals surface area contributed by atoms with Gasteiger partial charge < -0.3 is 9.73 Å². The van der Waals surface area contributed by atoms with Gasteiger partial charge in [-0.1, -0.05) is 0 Å². The summed E-state index contributed by atoms with van der Waals surface area (Å²) in [5.74, 6) is 1.68. The molecular weight excluding hydrogens is 258 g/mol. The summed E-state index contributed by atoms with van der Waals surface area (Å²) in [5.41, 5.74) is -0.255. The van der Waals surface area contributed by atoms with E-state index < -0.39 is 0 Å². The van der Waals surface area contributed by atoms with Crippen LogP contribution in [0.5, 0.6) is 0 Å². The van der Waals surface area contributed by atoms with Crippen molar-refractivity contribution in [2.75, 3.05) is 13.1 Å². The van der Waals surface area contributed by atoms with Crippen LogP contribution >= 0.6 is 0 Å². The molecule has 2 aromatic rings. The van der Waals surface area contributed by atoms with Crippen molar-refractivity contribution in [2.45, 2.75) is 32.0 Å². The molecule has 0 saturated carbocycles. The Hall–Kier alpha value is -1.86. The van der Waals surface area contributed by atoms with Gasteiger partial charge in [0.15, 0.2) is 0 Å². The average Bonchev–Trinajstić information content (AvgIpc) is 3.10. The number of likely N-dealkylation sites (tertiary alicyclic amines) is 1. The van der Waals surface area contributed by atoms with Crippen molar-refractivity contribution in [3.8, 4) is 0 Å². The number of piperidine rings is 1. The van der Waals surface area contributed by atoms with Crippen LogP contribution in [0.1, 0.15) is 24.4 Å². The first-order valence-corrected chi connectivity index (χ1v) is 6.91. The molecule has 1 saturated heterocycles. The number of aromatic amines is 2. The van der Waals surface area contributed by atoms with Gasteiger partial charge in [-0.3, -0.25) is 9.88 Å². The highest BCUT2D eigenvalue weighted by Crippen LogP contribution is 2.14. The highest BCUT2D eigenvalue weighted by atomic mass is 16.3. The molecule has 0 unspecified atom stereocenters. The summed E-state index contributed by atoms with van der Waals surface area (Å²) >= 11 is 0. The maximum atomic E-state index is 10.9. The van der Waals surface area contributed by atoms with Crippen molar-refractivity contribution in [1.82, 2.24) is 25.4 Å². The Morgan fingerprint density at radius 3 is 2.95 bits per heavy atom. The molecule has 1 fully saturated rings. The Balaban J connectivity index is 1.41. The van der Waals surface area contributed by atoms with E-state index in [9.17, 15) is 4.79 Å². The van der Waals surface area contributed by atoms with E-state index in [0.29, 0.717) is 18.4 Å². The van der Waals surface area contributed by atoms with Crippen molar-refractivity contribution in [1.29, 1.82) is 0 Å². The van der Waals surface area contributed by atoms with Crippen molar-refractivity contribution < 1.29 is 4.42 Å². The van der Waals surface area contributed by atoms with Gasteiger partial charge in [0.2, 0.25) is 0 Å². The van der Waals surface area contributed by atoms with Crippen molar-refractivity contribution >= 4 is 0 Å². The van der Waals surface area contributed by atoms with Crippen LogP contribution in [0.25, 0.3) is 0 Å². The Labute approximate surface area is 116 Å². The van der Waals surface area contributed by atoms with Gasteiger partial charge in [0.1, 0.15) is 11.6 Å². The van der Waals surface area contributed by atoms with Gasteiger partial charge in [0.05, 0.1) is 19.4 Å². The Morgan fingerprint density at radius 1 is 1.45 bits per heavy atom. The van der Waals surface area contributed by atoms with Crippen LogP contribution in [0.2, 0.25) is 0 Å². The maximum absolute atomic E-state index is 10.9. The number of hydrogen-bond donors (Lipinski definition) is 3. The van der Waals surface area contributed by atoms with Crippen LogP contribution in [-0.2, 0) is 13.1 Å². The summed E-state index contributed by atoms with van der Waals surface area (Å²) in [6.07, 6.45) is 3.90. The van der Waals surface area contributed by atoms with E-state index in [1.165, 1.54) is 0 Å². The first-order valence-electron chi connectivity index (χ1n) is 6.91. The van der Waals surface area contributed by atoms with Gasteiger partial charge in [-0.2, -0.15) is 5.10 Å². The normalized spacial score (nSPS) is 17.6. The molecule has 3 N–H and O–H groups in total. The minimum Gasteiger partial charge on any atom is -0.468 e. The molecule has 0 bridgehead atoms. The number of nitrogens with zero attached hydrogens (tertiary/aromatic N) is 2. The van der Waals surface area contributed by atoms with E-state index in [2.05, 4.69) is 25.4 Å². The topological polar surface area (TPSA) is 89.9 Å². The van der Waals surface area contributed by atoms with Gasteiger partial charge in [-0.25, -0.2) is 9.89 Å². The lowest BCUT2D eigenvalue weighted by atomic mass is 10.0. The highest BCUT2D eigenvalue weighted by Gasteiger charge is 2.19. The summed E-state index contributed by atoms with van der Waals surface area (Å²) in [7, 11) is 0.